The zero-order valence-corrected chi connectivity index (χ0v) is 17.0. The molecule has 1 heterocycles. The highest BCUT2D eigenvalue weighted by Crippen LogP contribution is 2.14. The van der Waals surface area contributed by atoms with Gasteiger partial charge >= 0.3 is 0 Å². The fraction of sp³-hybridized carbons (Fsp3) is 0.524. The summed E-state index contributed by atoms with van der Waals surface area (Å²) in [5.74, 6) is 1.74. The second-order valence-electron chi connectivity index (χ2n) is 7.36. The summed E-state index contributed by atoms with van der Waals surface area (Å²) in [4.78, 5) is 4.34. The van der Waals surface area contributed by atoms with Crippen LogP contribution in [0.4, 0.5) is 0 Å². The van der Waals surface area contributed by atoms with Crippen LogP contribution in [0.25, 0.3) is 0 Å². The average molecular weight is 356 g/mol. The first-order chi connectivity index (χ1) is 12.4. The van der Waals surface area contributed by atoms with Crippen LogP contribution < -0.4 is 10.6 Å². The van der Waals surface area contributed by atoms with Crippen molar-refractivity contribution in [3.63, 3.8) is 0 Å². The summed E-state index contributed by atoms with van der Waals surface area (Å²) in [6.45, 7) is 13.3. The highest BCUT2D eigenvalue weighted by molar-refractivity contribution is 5.79. The molecular formula is C21H33N5. The molecule has 0 amide bonds. The Morgan fingerprint density at radius 2 is 1.73 bits per heavy atom. The summed E-state index contributed by atoms with van der Waals surface area (Å²) in [5.41, 5.74) is 4.92. The Hall–Kier alpha value is -2.30. The number of benzene rings is 1. The largest absolute Gasteiger partial charge is 0.356 e. The first kappa shape index (κ1) is 20.0. The normalized spacial score (nSPS) is 14.2. The Kier molecular flexibility index (Phi) is 7.25. The van der Waals surface area contributed by atoms with Gasteiger partial charge < -0.3 is 10.6 Å². The first-order valence-electron chi connectivity index (χ1n) is 9.41. The third-order valence-corrected chi connectivity index (χ3v) is 4.65. The molecule has 0 bridgehead atoms. The Morgan fingerprint density at radius 1 is 1.08 bits per heavy atom. The minimum absolute atomic E-state index is 0.432. The van der Waals surface area contributed by atoms with Gasteiger partial charge in [0.1, 0.15) is 0 Å². The zero-order valence-electron chi connectivity index (χ0n) is 17.0. The quantitative estimate of drug-likeness (QED) is 0.591. The van der Waals surface area contributed by atoms with Crippen LogP contribution in [0.1, 0.15) is 42.3 Å². The molecular weight excluding hydrogens is 322 g/mol. The molecule has 0 saturated heterocycles. The lowest BCUT2D eigenvalue weighted by molar-refractivity contribution is 0.435. The maximum absolute atomic E-state index is 4.54. The average Bonchev–Trinajstić information content (AvgIpc) is 2.92. The van der Waals surface area contributed by atoms with Gasteiger partial charge in [-0.15, -0.1) is 0 Å². The lowest BCUT2D eigenvalue weighted by Crippen LogP contribution is -2.41. The van der Waals surface area contributed by atoms with Gasteiger partial charge in [-0.05, 0) is 44.2 Å². The van der Waals surface area contributed by atoms with Gasteiger partial charge in [-0.3, -0.25) is 9.67 Å². The molecule has 2 atom stereocenters. The van der Waals surface area contributed by atoms with E-state index in [0.717, 1.165) is 31.3 Å². The van der Waals surface area contributed by atoms with Gasteiger partial charge in [0.15, 0.2) is 5.96 Å². The summed E-state index contributed by atoms with van der Waals surface area (Å²) in [6.07, 6.45) is 0. The molecule has 26 heavy (non-hydrogen) atoms. The Morgan fingerprint density at radius 3 is 2.31 bits per heavy atom. The Labute approximate surface area is 157 Å². The van der Waals surface area contributed by atoms with Crippen LogP contribution in [0.3, 0.4) is 0 Å². The van der Waals surface area contributed by atoms with Crippen LogP contribution in [0.5, 0.6) is 0 Å². The molecule has 2 aromatic rings. The van der Waals surface area contributed by atoms with Crippen molar-refractivity contribution in [3.8, 4) is 0 Å². The van der Waals surface area contributed by atoms with Gasteiger partial charge in [0.05, 0.1) is 5.69 Å². The molecule has 2 N–H and O–H groups in total. The molecule has 0 spiro atoms. The SMILES string of the molecule is CN=C(NCC(C)Cn1nc(C)cc1C)NCC(C)c1ccc(C)cc1. The number of aryl methyl sites for hydroxylation is 3. The lowest BCUT2D eigenvalue weighted by Gasteiger charge is -2.19. The van der Waals surface area contributed by atoms with Gasteiger partial charge in [-0.2, -0.15) is 5.10 Å². The molecule has 2 rings (SSSR count). The minimum atomic E-state index is 0.432. The second kappa shape index (κ2) is 9.41. The third-order valence-electron chi connectivity index (χ3n) is 4.65. The zero-order chi connectivity index (χ0) is 19.1. The van der Waals surface area contributed by atoms with E-state index in [-0.39, 0.29) is 0 Å². The van der Waals surface area contributed by atoms with E-state index < -0.39 is 0 Å². The van der Waals surface area contributed by atoms with Crippen molar-refractivity contribution in [2.75, 3.05) is 20.1 Å². The predicted octanol–water partition coefficient (Wildman–Crippen LogP) is 3.41. The van der Waals surface area contributed by atoms with Crippen molar-refractivity contribution in [1.82, 2.24) is 20.4 Å². The van der Waals surface area contributed by atoms with E-state index in [0.29, 0.717) is 11.8 Å². The first-order valence-corrected chi connectivity index (χ1v) is 9.41. The second-order valence-corrected chi connectivity index (χ2v) is 7.36. The third kappa shape index (κ3) is 5.90. The Balaban J connectivity index is 1.78. The van der Waals surface area contributed by atoms with Crippen LogP contribution in [-0.4, -0.2) is 35.9 Å². The minimum Gasteiger partial charge on any atom is -0.356 e. The van der Waals surface area contributed by atoms with Crippen molar-refractivity contribution in [2.24, 2.45) is 10.9 Å². The molecule has 0 aliphatic rings. The monoisotopic (exact) mass is 355 g/mol. The van der Waals surface area contributed by atoms with E-state index in [2.05, 4.69) is 83.4 Å². The number of hydrogen-bond donors (Lipinski definition) is 2. The van der Waals surface area contributed by atoms with Crippen LogP contribution in [-0.2, 0) is 6.54 Å². The van der Waals surface area contributed by atoms with Crippen molar-refractivity contribution in [3.05, 3.63) is 52.8 Å². The standard InChI is InChI=1S/C21H33N5/c1-15-7-9-20(10-8-15)17(3)13-24-21(22-6)23-12-16(2)14-26-19(5)11-18(4)25-26/h7-11,16-17H,12-14H2,1-6H3,(H2,22,23,24). The summed E-state index contributed by atoms with van der Waals surface area (Å²) in [5, 5.41) is 11.4. The smallest absolute Gasteiger partial charge is 0.191 e. The van der Waals surface area contributed by atoms with Gasteiger partial charge in [-0.25, -0.2) is 0 Å². The van der Waals surface area contributed by atoms with Crippen LogP contribution in [0.15, 0.2) is 35.3 Å². The highest BCUT2D eigenvalue weighted by atomic mass is 15.3. The Bertz CT molecular complexity index is 715. The van der Waals surface area contributed by atoms with Gasteiger partial charge in [0.25, 0.3) is 0 Å². The van der Waals surface area contributed by atoms with Gasteiger partial charge in [0, 0.05) is 32.4 Å². The molecule has 0 radical (unpaired) electrons. The number of nitrogens with zero attached hydrogens (tertiary/aromatic N) is 3. The number of rotatable bonds is 7. The van der Waals surface area contributed by atoms with Crippen molar-refractivity contribution < 1.29 is 0 Å². The number of guanidine groups is 1. The maximum atomic E-state index is 4.54. The number of nitrogens with one attached hydrogen (secondary N) is 2. The maximum Gasteiger partial charge on any atom is 0.191 e. The summed E-state index contributed by atoms with van der Waals surface area (Å²) in [6, 6.07) is 10.9. The molecule has 5 nitrogen and oxygen atoms in total. The molecule has 0 aliphatic heterocycles. The van der Waals surface area contributed by atoms with E-state index in [9.17, 15) is 0 Å². The molecule has 0 aliphatic carbocycles. The molecule has 0 fully saturated rings. The van der Waals surface area contributed by atoms with Crippen LogP contribution in [0.2, 0.25) is 0 Å². The van der Waals surface area contributed by atoms with E-state index in [1.165, 1.54) is 16.8 Å². The van der Waals surface area contributed by atoms with Crippen LogP contribution in [0, 0.1) is 26.7 Å². The van der Waals surface area contributed by atoms with E-state index in [1.54, 1.807) is 0 Å². The molecule has 2 unspecified atom stereocenters. The van der Waals surface area contributed by atoms with E-state index >= 15 is 0 Å². The molecule has 1 aromatic heterocycles. The summed E-state index contributed by atoms with van der Waals surface area (Å²) >= 11 is 0. The fourth-order valence-corrected chi connectivity index (χ4v) is 2.97. The molecule has 142 valence electrons. The number of hydrogen-bond acceptors (Lipinski definition) is 2. The summed E-state index contributed by atoms with van der Waals surface area (Å²) < 4.78 is 2.08. The van der Waals surface area contributed by atoms with Gasteiger partial charge in [0.2, 0.25) is 0 Å². The van der Waals surface area contributed by atoms with Gasteiger partial charge in [-0.1, -0.05) is 43.7 Å². The lowest BCUT2D eigenvalue weighted by atomic mass is 10.0. The molecule has 1 aromatic carbocycles. The topological polar surface area (TPSA) is 54.2 Å². The van der Waals surface area contributed by atoms with Crippen molar-refractivity contribution in [1.29, 1.82) is 0 Å². The molecule has 5 heteroatoms. The van der Waals surface area contributed by atoms with Crippen molar-refractivity contribution in [2.45, 2.75) is 47.1 Å². The summed E-state index contributed by atoms with van der Waals surface area (Å²) in [7, 11) is 1.82. The fourth-order valence-electron chi connectivity index (χ4n) is 2.97. The number of aromatic nitrogens is 2. The number of aliphatic imine (C=N–C) groups is 1. The van der Waals surface area contributed by atoms with E-state index in [4.69, 9.17) is 0 Å². The van der Waals surface area contributed by atoms with E-state index in [1.807, 2.05) is 14.0 Å². The molecule has 0 saturated carbocycles. The van der Waals surface area contributed by atoms with Crippen LogP contribution >= 0.6 is 0 Å². The predicted molar refractivity (Wildman–Crippen MR) is 110 cm³/mol. The highest BCUT2D eigenvalue weighted by Gasteiger charge is 2.10. The van der Waals surface area contributed by atoms with Crippen molar-refractivity contribution >= 4 is 5.96 Å².